The molecule has 0 bridgehead atoms. The number of hydrogen-bond acceptors (Lipinski definition) is 5. The molecule has 2 rings (SSSR count). The van der Waals surface area contributed by atoms with Gasteiger partial charge >= 0.3 is 0 Å². The fraction of sp³-hybridized carbons (Fsp3) is 0.875. The molecule has 1 atom stereocenters. The molecule has 1 aromatic heterocycles. The summed E-state index contributed by atoms with van der Waals surface area (Å²) in [4.78, 5) is 4.66. The molecule has 0 aromatic carbocycles. The average molecular weight is 295 g/mol. The SMILES string of the molecule is CCCC(CN)c1nc(C2(OCC)CCC(C)CC2)no1. The van der Waals surface area contributed by atoms with Crippen LogP contribution in [0, 0.1) is 5.92 Å². The van der Waals surface area contributed by atoms with Gasteiger partial charge in [0.15, 0.2) is 0 Å². The van der Waals surface area contributed by atoms with E-state index in [9.17, 15) is 0 Å². The Kier molecular flexibility index (Phi) is 5.76. The van der Waals surface area contributed by atoms with Crippen LogP contribution in [0.4, 0.5) is 0 Å². The third-order valence-electron chi connectivity index (χ3n) is 4.62. The highest BCUT2D eigenvalue weighted by molar-refractivity contribution is 5.06. The summed E-state index contributed by atoms with van der Waals surface area (Å²) in [6.07, 6.45) is 6.30. The van der Waals surface area contributed by atoms with Crippen LogP contribution in [-0.2, 0) is 10.3 Å². The summed E-state index contributed by atoms with van der Waals surface area (Å²) in [5.41, 5.74) is 5.48. The van der Waals surface area contributed by atoms with E-state index in [0.29, 0.717) is 19.0 Å². The van der Waals surface area contributed by atoms with E-state index in [4.69, 9.17) is 15.0 Å². The minimum absolute atomic E-state index is 0.164. The second-order valence-electron chi connectivity index (χ2n) is 6.29. The molecule has 0 radical (unpaired) electrons. The third kappa shape index (κ3) is 3.64. The van der Waals surface area contributed by atoms with Crippen LogP contribution >= 0.6 is 0 Å². The maximum atomic E-state index is 6.08. The van der Waals surface area contributed by atoms with Gasteiger partial charge < -0.3 is 15.0 Å². The lowest BCUT2D eigenvalue weighted by Gasteiger charge is -2.36. The van der Waals surface area contributed by atoms with Gasteiger partial charge in [-0.05, 0) is 44.9 Å². The molecule has 2 N–H and O–H groups in total. The number of nitrogens with two attached hydrogens (primary N) is 1. The molecule has 120 valence electrons. The predicted octanol–water partition coefficient (Wildman–Crippen LogP) is 3.35. The Bertz CT molecular complexity index is 425. The van der Waals surface area contributed by atoms with Crippen molar-refractivity contribution in [2.24, 2.45) is 11.7 Å². The third-order valence-corrected chi connectivity index (χ3v) is 4.62. The van der Waals surface area contributed by atoms with Crippen LogP contribution in [0.3, 0.4) is 0 Å². The van der Waals surface area contributed by atoms with E-state index in [0.717, 1.165) is 50.3 Å². The molecule has 0 aliphatic heterocycles. The lowest BCUT2D eigenvalue weighted by Crippen LogP contribution is -2.35. The Morgan fingerprint density at radius 2 is 2.10 bits per heavy atom. The van der Waals surface area contributed by atoms with Gasteiger partial charge in [-0.3, -0.25) is 0 Å². The first kappa shape index (κ1) is 16.4. The lowest BCUT2D eigenvalue weighted by molar-refractivity contribution is -0.0847. The van der Waals surface area contributed by atoms with Crippen molar-refractivity contribution in [1.82, 2.24) is 10.1 Å². The van der Waals surface area contributed by atoms with Crippen molar-refractivity contribution in [2.75, 3.05) is 13.2 Å². The van der Waals surface area contributed by atoms with Crippen LogP contribution < -0.4 is 5.73 Å². The first-order chi connectivity index (χ1) is 10.1. The second-order valence-corrected chi connectivity index (χ2v) is 6.29. The molecule has 5 heteroatoms. The van der Waals surface area contributed by atoms with Gasteiger partial charge in [0.25, 0.3) is 0 Å². The first-order valence-electron chi connectivity index (χ1n) is 8.33. The van der Waals surface area contributed by atoms with Crippen molar-refractivity contribution in [3.05, 3.63) is 11.7 Å². The van der Waals surface area contributed by atoms with Crippen molar-refractivity contribution in [3.8, 4) is 0 Å². The zero-order valence-corrected chi connectivity index (χ0v) is 13.6. The topological polar surface area (TPSA) is 74.2 Å². The van der Waals surface area contributed by atoms with Gasteiger partial charge in [-0.15, -0.1) is 0 Å². The summed E-state index contributed by atoms with van der Waals surface area (Å²) in [5, 5.41) is 4.24. The minimum Gasteiger partial charge on any atom is -0.367 e. The molecule has 0 amide bonds. The van der Waals surface area contributed by atoms with E-state index < -0.39 is 0 Å². The van der Waals surface area contributed by atoms with Crippen molar-refractivity contribution < 1.29 is 9.26 Å². The van der Waals surface area contributed by atoms with E-state index in [1.54, 1.807) is 0 Å². The van der Waals surface area contributed by atoms with Crippen molar-refractivity contribution in [2.45, 2.75) is 70.8 Å². The van der Waals surface area contributed by atoms with Gasteiger partial charge in [0.2, 0.25) is 11.7 Å². The summed E-state index contributed by atoms with van der Waals surface area (Å²) < 4.78 is 11.6. The van der Waals surface area contributed by atoms with Crippen LogP contribution in [0.15, 0.2) is 4.52 Å². The van der Waals surface area contributed by atoms with Crippen LogP contribution in [0.1, 0.15) is 76.9 Å². The minimum atomic E-state index is -0.353. The molecular weight excluding hydrogens is 266 g/mol. The Morgan fingerprint density at radius 3 is 2.67 bits per heavy atom. The summed E-state index contributed by atoms with van der Waals surface area (Å²) >= 11 is 0. The Balaban J connectivity index is 2.19. The second kappa shape index (κ2) is 7.36. The number of hydrogen-bond donors (Lipinski definition) is 1. The molecule has 1 aliphatic carbocycles. The monoisotopic (exact) mass is 295 g/mol. The van der Waals surface area contributed by atoms with Gasteiger partial charge in [0.05, 0.1) is 5.92 Å². The summed E-state index contributed by atoms with van der Waals surface area (Å²) in [6.45, 7) is 7.69. The highest BCUT2D eigenvalue weighted by atomic mass is 16.5. The highest BCUT2D eigenvalue weighted by Crippen LogP contribution is 2.41. The largest absolute Gasteiger partial charge is 0.367 e. The molecule has 21 heavy (non-hydrogen) atoms. The van der Waals surface area contributed by atoms with Gasteiger partial charge in [0, 0.05) is 13.2 Å². The summed E-state index contributed by atoms with van der Waals surface area (Å²) in [7, 11) is 0. The molecule has 1 saturated carbocycles. The van der Waals surface area contributed by atoms with Crippen molar-refractivity contribution in [1.29, 1.82) is 0 Å². The number of rotatable bonds is 7. The molecule has 1 aromatic rings. The molecule has 0 saturated heterocycles. The van der Waals surface area contributed by atoms with Crippen molar-refractivity contribution >= 4 is 0 Å². The molecule has 5 nitrogen and oxygen atoms in total. The summed E-state index contributed by atoms with van der Waals surface area (Å²) in [6, 6.07) is 0. The van der Waals surface area contributed by atoms with E-state index in [1.165, 1.54) is 0 Å². The van der Waals surface area contributed by atoms with E-state index in [-0.39, 0.29) is 11.5 Å². The zero-order valence-electron chi connectivity index (χ0n) is 13.6. The van der Waals surface area contributed by atoms with Crippen molar-refractivity contribution in [3.63, 3.8) is 0 Å². The summed E-state index contributed by atoms with van der Waals surface area (Å²) in [5.74, 6) is 2.31. The number of ether oxygens (including phenoxy) is 1. The molecule has 1 aliphatic rings. The molecule has 1 unspecified atom stereocenters. The quantitative estimate of drug-likeness (QED) is 0.835. The molecule has 1 fully saturated rings. The lowest BCUT2D eigenvalue weighted by atomic mass is 9.79. The zero-order chi connectivity index (χ0) is 15.3. The fourth-order valence-electron chi connectivity index (χ4n) is 3.21. The average Bonchev–Trinajstić information content (AvgIpc) is 2.98. The van der Waals surface area contributed by atoms with Gasteiger partial charge in [-0.1, -0.05) is 25.4 Å². The maximum Gasteiger partial charge on any atom is 0.231 e. The molecule has 0 spiro atoms. The molecular formula is C16H29N3O2. The Morgan fingerprint density at radius 1 is 1.38 bits per heavy atom. The first-order valence-corrected chi connectivity index (χ1v) is 8.33. The van der Waals surface area contributed by atoms with Crippen LogP contribution in [0.5, 0.6) is 0 Å². The highest BCUT2D eigenvalue weighted by Gasteiger charge is 2.41. The maximum absolute atomic E-state index is 6.08. The van der Waals surface area contributed by atoms with Gasteiger partial charge in [-0.2, -0.15) is 4.98 Å². The van der Waals surface area contributed by atoms with E-state index in [1.807, 2.05) is 6.92 Å². The normalized spacial score (nSPS) is 27.7. The Labute approximate surface area is 127 Å². The van der Waals surface area contributed by atoms with E-state index >= 15 is 0 Å². The fourth-order valence-corrected chi connectivity index (χ4v) is 3.21. The predicted molar refractivity (Wildman–Crippen MR) is 81.9 cm³/mol. The molecule has 1 heterocycles. The van der Waals surface area contributed by atoms with Crippen LogP contribution in [-0.4, -0.2) is 23.3 Å². The number of aromatic nitrogens is 2. The van der Waals surface area contributed by atoms with Gasteiger partial charge in [0.1, 0.15) is 5.60 Å². The standard InChI is InChI=1S/C16H29N3O2/c1-4-6-13(11-17)14-18-15(19-21-14)16(20-5-2)9-7-12(3)8-10-16/h12-13H,4-11,17H2,1-3H3. The van der Waals surface area contributed by atoms with E-state index in [2.05, 4.69) is 24.0 Å². The van der Waals surface area contributed by atoms with Crippen LogP contribution in [0.25, 0.3) is 0 Å². The van der Waals surface area contributed by atoms with Crippen LogP contribution in [0.2, 0.25) is 0 Å². The smallest absolute Gasteiger partial charge is 0.231 e. The number of nitrogens with zero attached hydrogens (tertiary/aromatic N) is 2. The Hall–Kier alpha value is -0.940. The van der Waals surface area contributed by atoms with Gasteiger partial charge in [-0.25, -0.2) is 0 Å².